The number of hydrogen-bond donors (Lipinski definition) is 1. The van der Waals surface area contributed by atoms with Gasteiger partial charge in [0.25, 0.3) is 0 Å². The van der Waals surface area contributed by atoms with Crippen molar-refractivity contribution in [3.63, 3.8) is 0 Å². The molecular weight excluding hydrogens is 134 g/mol. The van der Waals surface area contributed by atoms with Gasteiger partial charge >= 0.3 is 0 Å². The summed E-state index contributed by atoms with van der Waals surface area (Å²) in [6.45, 7) is 10.0. The van der Waals surface area contributed by atoms with Gasteiger partial charge in [-0.3, -0.25) is 0 Å². The van der Waals surface area contributed by atoms with E-state index >= 15 is 0 Å². The molecule has 1 heteroatoms. The van der Waals surface area contributed by atoms with Gasteiger partial charge in [0.1, 0.15) is 0 Å². The first-order chi connectivity index (χ1) is 5.08. The molecule has 0 saturated heterocycles. The van der Waals surface area contributed by atoms with E-state index in [1.165, 1.54) is 19.3 Å². The smallest absolute Gasteiger partial charge is 0.00744 e. The van der Waals surface area contributed by atoms with Gasteiger partial charge in [0.2, 0.25) is 0 Å². The van der Waals surface area contributed by atoms with Crippen molar-refractivity contribution in [2.45, 2.75) is 47.0 Å². The van der Waals surface area contributed by atoms with Crippen LogP contribution in [0.15, 0.2) is 0 Å². The Morgan fingerprint density at radius 3 is 2.09 bits per heavy atom. The van der Waals surface area contributed by atoms with Crippen molar-refractivity contribution in [1.29, 1.82) is 0 Å². The van der Waals surface area contributed by atoms with E-state index in [4.69, 9.17) is 5.73 Å². The second kappa shape index (κ2) is 4.76. The Kier molecular flexibility index (Phi) is 4.74. The van der Waals surface area contributed by atoms with E-state index in [-0.39, 0.29) is 0 Å². The van der Waals surface area contributed by atoms with Gasteiger partial charge in [0.05, 0.1) is 0 Å². The summed E-state index contributed by atoms with van der Waals surface area (Å²) in [7, 11) is 0. The molecule has 0 aromatic rings. The Bertz CT molecular complexity index is 97.0. The van der Waals surface area contributed by atoms with E-state index < -0.39 is 0 Å². The Hall–Kier alpha value is -0.0400. The average Bonchev–Trinajstić information content (AvgIpc) is 2.00. The molecular formula is C10H23N. The van der Waals surface area contributed by atoms with Gasteiger partial charge in [-0.05, 0) is 24.3 Å². The first-order valence-electron chi connectivity index (χ1n) is 4.78. The number of hydrogen-bond acceptors (Lipinski definition) is 1. The van der Waals surface area contributed by atoms with E-state index in [1.54, 1.807) is 0 Å². The summed E-state index contributed by atoms with van der Waals surface area (Å²) in [4.78, 5) is 0. The van der Waals surface area contributed by atoms with Gasteiger partial charge in [0.15, 0.2) is 0 Å². The fourth-order valence-electron chi connectivity index (χ4n) is 1.64. The highest BCUT2D eigenvalue weighted by atomic mass is 14.5. The van der Waals surface area contributed by atoms with E-state index in [9.17, 15) is 0 Å². The normalized spacial score (nSPS) is 15.0. The fourth-order valence-corrected chi connectivity index (χ4v) is 1.64. The van der Waals surface area contributed by atoms with Crippen molar-refractivity contribution >= 4 is 0 Å². The number of rotatable bonds is 5. The zero-order valence-corrected chi connectivity index (χ0v) is 8.48. The minimum atomic E-state index is 0.480. The molecule has 0 fully saturated rings. The molecule has 0 aliphatic carbocycles. The molecule has 0 radical (unpaired) electrons. The molecule has 0 aliphatic rings. The van der Waals surface area contributed by atoms with Crippen LogP contribution in [-0.2, 0) is 0 Å². The highest BCUT2D eigenvalue weighted by Crippen LogP contribution is 2.34. The lowest BCUT2D eigenvalue weighted by molar-refractivity contribution is 0.187. The highest BCUT2D eigenvalue weighted by molar-refractivity contribution is 4.76. The quantitative estimate of drug-likeness (QED) is 0.652. The van der Waals surface area contributed by atoms with Gasteiger partial charge in [-0.25, -0.2) is 0 Å². The largest absolute Gasteiger partial charge is 0.330 e. The van der Waals surface area contributed by atoms with Crippen LogP contribution in [0.4, 0.5) is 0 Å². The summed E-state index contributed by atoms with van der Waals surface area (Å²) < 4.78 is 0. The Labute approximate surface area is 71.4 Å². The minimum absolute atomic E-state index is 0.480. The SMILES string of the molecule is CCC(CCN)C(C)(C)CC. The third kappa shape index (κ3) is 3.24. The molecule has 0 heterocycles. The van der Waals surface area contributed by atoms with Gasteiger partial charge in [-0.2, -0.15) is 0 Å². The predicted molar refractivity (Wildman–Crippen MR) is 51.5 cm³/mol. The lowest BCUT2D eigenvalue weighted by Crippen LogP contribution is -2.25. The minimum Gasteiger partial charge on any atom is -0.330 e. The average molecular weight is 157 g/mol. The molecule has 1 nitrogen and oxygen atoms in total. The van der Waals surface area contributed by atoms with Gasteiger partial charge < -0.3 is 5.73 Å². The molecule has 0 aliphatic heterocycles. The van der Waals surface area contributed by atoms with Crippen LogP contribution in [0.1, 0.15) is 47.0 Å². The lowest BCUT2D eigenvalue weighted by atomic mass is 9.74. The van der Waals surface area contributed by atoms with Gasteiger partial charge in [-0.15, -0.1) is 0 Å². The maximum Gasteiger partial charge on any atom is -0.00744 e. The second-order valence-electron chi connectivity index (χ2n) is 4.02. The van der Waals surface area contributed by atoms with Crippen molar-refractivity contribution in [1.82, 2.24) is 0 Å². The van der Waals surface area contributed by atoms with E-state index in [2.05, 4.69) is 27.7 Å². The summed E-state index contributed by atoms with van der Waals surface area (Å²) in [6.07, 6.45) is 3.70. The third-order valence-corrected chi connectivity index (χ3v) is 3.02. The summed E-state index contributed by atoms with van der Waals surface area (Å²) in [5.74, 6) is 0.803. The maximum absolute atomic E-state index is 5.56. The standard InChI is InChI=1S/C10H23N/c1-5-9(7-8-11)10(3,4)6-2/h9H,5-8,11H2,1-4H3. The highest BCUT2D eigenvalue weighted by Gasteiger charge is 2.24. The van der Waals surface area contributed by atoms with Crippen molar-refractivity contribution in [3.8, 4) is 0 Å². The Balaban J connectivity index is 3.99. The van der Waals surface area contributed by atoms with Crippen LogP contribution in [0.25, 0.3) is 0 Å². The molecule has 68 valence electrons. The van der Waals surface area contributed by atoms with E-state index in [0.717, 1.165) is 12.5 Å². The molecule has 1 atom stereocenters. The van der Waals surface area contributed by atoms with Crippen LogP contribution < -0.4 is 5.73 Å². The van der Waals surface area contributed by atoms with Crippen molar-refractivity contribution in [2.24, 2.45) is 17.1 Å². The monoisotopic (exact) mass is 157 g/mol. The molecule has 0 bridgehead atoms. The zero-order valence-electron chi connectivity index (χ0n) is 8.48. The molecule has 0 rings (SSSR count). The first-order valence-corrected chi connectivity index (χ1v) is 4.78. The molecule has 0 saturated carbocycles. The Morgan fingerprint density at radius 2 is 1.82 bits per heavy atom. The van der Waals surface area contributed by atoms with Crippen molar-refractivity contribution < 1.29 is 0 Å². The molecule has 1 unspecified atom stereocenters. The molecule has 0 spiro atoms. The number of nitrogens with two attached hydrogens (primary N) is 1. The second-order valence-corrected chi connectivity index (χ2v) is 4.02. The van der Waals surface area contributed by atoms with Gasteiger partial charge in [0, 0.05) is 0 Å². The lowest BCUT2D eigenvalue weighted by Gasteiger charge is -2.32. The topological polar surface area (TPSA) is 26.0 Å². The zero-order chi connectivity index (χ0) is 8.91. The van der Waals surface area contributed by atoms with Crippen LogP contribution in [-0.4, -0.2) is 6.54 Å². The van der Waals surface area contributed by atoms with Crippen LogP contribution in [0.3, 0.4) is 0 Å². The van der Waals surface area contributed by atoms with Crippen LogP contribution in [0, 0.1) is 11.3 Å². The first kappa shape index (κ1) is 11.0. The van der Waals surface area contributed by atoms with Crippen LogP contribution in [0.5, 0.6) is 0 Å². The van der Waals surface area contributed by atoms with E-state index in [0.29, 0.717) is 5.41 Å². The molecule has 0 amide bonds. The summed E-state index contributed by atoms with van der Waals surface area (Å²) in [6, 6.07) is 0. The molecule has 2 N–H and O–H groups in total. The molecule has 0 aromatic heterocycles. The maximum atomic E-state index is 5.56. The Morgan fingerprint density at radius 1 is 1.27 bits per heavy atom. The van der Waals surface area contributed by atoms with E-state index in [1.807, 2.05) is 0 Å². The summed E-state index contributed by atoms with van der Waals surface area (Å²) in [5, 5.41) is 0. The van der Waals surface area contributed by atoms with Crippen molar-refractivity contribution in [3.05, 3.63) is 0 Å². The molecule has 0 aromatic carbocycles. The van der Waals surface area contributed by atoms with Crippen LogP contribution >= 0.6 is 0 Å². The molecule has 11 heavy (non-hydrogen) atoms. The van der Waals surface area contributed by atoms with Gasteiger partial charge in [-0.1, -0.05) is 40.5 Å². The fraction of sp³-hybridized carbons (Fsp3) is 1.00. The van der Waals surface area contributed by atoms with Crippen molar-refractivity contribution in [2.75, 3.05) is 6.54 Å². The predicted octanol–water partition coefficient (Wildman–Crippen LogP) is 2.80. The summed E-state index contributed by atoms with van der Waals surface area (Å²) >= 11 is 0. The summed E-state index contributed by atoms with van der Waals surface area (Å²) in [5.41, 5.74) is 6.04. The van der Waals surface area contributed by atoms with Crippen LogP contribution in [0.2, 0.25) is 0 Å². The third-order valence-electron chi connectivity index (χ3n) is 3.02.